The molecule has 2 heterocycles. The molecule has 2 N–H and O–H groups in total. The van der Waals surface area contributed by atoms with E-state index in [0.717, 1.165) is 11.3 Å². The first kappa shape index (κ1) is 11.3. The van der Waals surface area contributed by atoms with Crippen LogP contribution in [0.25, 0.3) is 0 Å². The van der Waals surface area contributed by atoms with Gasteiger partial charge in [0, 0.05) is 25.0 Å². The molecule has 0 aromatic carbocycles. The second-order valence-corrected chi connectivity index (χ2v) is 3.71. The zero-order valence-electron chi connectivity index (χ0n) is 9.39. The van der Waals surface area contributed by atoms with Crippen LogP contribution in [0.4, 0.5) is 0 Å². The summed E-state index contributed by atoms with van der Waals surface area (Å²) < 4.78 is 0. The van der Waals surface area contributed by atoms with E-state index in [4.69, 9.17) is 0 Å². The molecule has 0 fully saturated rings. The van der Waals surface area contributed by atoms with Crippen LogP contribution in [0.15, 0.2) is 37.1 Å². The molecule has 2 rings (SSSR count). The number of hydrogen-bond donors (Lipinski definition) is 2. The Morgan fingerprint density at radius 2 is 2.29 bits per heavy atom. The van der Waals surface area contributed by atoms with E-state index in [1.807, 2.05) is 12.1 Å². The van der Waals surface area contributed by atoms with Crippen molar-refractivity contribution < 1.29 is 4.79 Å². The number of imidazole rings is 1. The van der Waals surface area contributed by atoms with Crippen molar-refractivity contribution in [1.29, 1.82) is 0 Å². The minimum Gasteiger partial charge on any atom is -0.350 e. The second-order valence-electron chi connectivity index (χ2n) is 3.71. The quantitative estimate of drug-likeness (QED) is 0.806. The summed E-state index contributed by atoms with van der Waals surface area (Å²) in [4.78, 5) is 22.4. The Morgan fingerprint density at radius 1 is 1.35 bits per heavy atom. The third-order valence-corrected chi connectivity index (χ3v) is 2.39. The predicted octanol–water partition coefficient (Wildman–Crippen LogP) is 1.05. The van der Waals surface area contributed by atoms with Crippen molar-refractivity contribution in [3.8, 4) is 0 Å². The average Bonchev–Trinajstić information content (AvgIpc) is 2.88. The molecule has 0 saturated heterocycles. The first-order valence-electron chi connectivity index (χ1n) is 5.47. The number of nitrogens with one attached hydrogen (secondary N) is 2. The van der Waals surface area contributed by atoms with Crippen molar-refractivity contribution in [3.05, 3.63) is 48.3 Å². The molecule has 2 aromatic heterocycles. The summed E-state index contributed by atoms with van der Waals surface area (Å²) in [6.45, 7) is 0.492. The van der Waals surface area contributed by atoms with Crippen LogP contribution in [0.1, 0.15) is 17.7 Å². The molecule has 0 saturated carbocycles. The maximum absolute atomic E-state index is 11.5. The highest BCUT2D eigenvalue weighted by molar-refractivity contribution is 5.76. The summed E-state index contributed by atoms with van der Waals surface area (Å²) in [7, 11) is 0. The van der Waals surface area contributed by atoms with E-state index in [1.54, 1.807) is 24.9 Å². The smallest absolute Gasteiger partial charge is 0.220 e. The summed E-state index contributed by atoms with van der Waals surface area (Å²) in [5, 5.41) is 2.82. The number of aromatic nitrogens is 3. The normalized spacial score (nSPS) is 10.1. The minimum absolute atomic E-state index is 0.0310. The molecule has 0 atom stereocenters. The number of carbonyl (C=O) groups is 1. The van der Waals surface area contributed by atoms with E-state index < -0.39 is 0 Å². The number of aryl methyl sites for hydroxylation is 1. The van der Waals surface area contributed by atoms with E-state index in [1.165, 1.54) is 0 Å². The van der Waals surface area contributed by atoms with Gasteiger partial charge in [0.15, 0.2) is 0 Å². The van der Waals surface area contributed by atoms with Gasteiger partial charge in [-0.05, 0) is 18.1 Å². The molecule has 0 aliphatic rings. The topological polar surface area (TPSA) is 70.7 Å². The molecule has 0 unspecified atom stereocenters. The van der Waals surface area contributed by atoms with Crippen molar-refractivity contribution in [3.63, 3.8) is 0 Å². The molecule has 17 heavy (non-hydrogen) atoms. The van der Waals surface area contributed by atoms with Crippen LogP contribution in [-0.2, 0) is 17.8 Å². The summed E-state index contributed by atoms with van der Waals surface area (Å²) in [5.74, 6) is 0.0310. The zero-order chi connectivity index (χ0) is 11.9. The van der Waals surface area contributed by atoms with Crippen LogP contribution < -0.4 is 5.32 Å². The largest absolute Gasteiger partial charge is 0.350 e. The van der Waals surface area contributed by atoms with E-state index in [-0.39, 0.29) is 5.91 Å². The highest BCUT2D eigenvalue weighted by Gasteiger charge is 2.02. The number of rotatable bonds is 5. The van der Waals surface area contributed by atoms with E-state index in [2.05, 4.69) is 20.3 Å². The van der Waals surface area contributed by atoms with Crippen LogP contribution in [0.2, 0.25) is 0 Å². The van der Waals surface area contributed by atoms with Crippen LogP contribution >= 0.6 is 0 Å². The summed E-state index contributed by atoms with van der Waals surface area (Å²) >= 11 is 0. The molecular formula is C12H14N4O. The summed E-state index contributed by atoms with van der Waals surface area (Å²) in [6.07, 6.45) is 7.98. The Balaban J connectivity index is 1.71. The molecule has 1 amide bonds. The van der Waals surface area contributed by atoms with Crippen molar-refractivity contribution in [1.82, 2.24) is 20.3 Å². The Kier molecular flexibility index (Phi) is 3.85. The average molecular weight is 230 g/mol. The molecule has 0 spiro atoms. The van der Waals surface area contributed by atoms with Crippen molar-refractivity contribution in [2.24, 2.45) is 0 Å². The summed E-state index contributed by atoms with van der Waals surface area (Å²) in [6, 6.07) is 3.84. The highest BCUT2D eigenvalue weighted by Crippen LogP contribution is 2.00. The molecule has 5 heteroatoms. The fourth-order valence-corrected chi connectivity index (χ4v) is 1.47. The van der Waals surface area contributed by atoms with Gasteiger partial charge in [-0.15, -0.1) is 0 Å². The molecule has 0 bridgehead atoms. The minimum atomic E-state index is 0.0310. The Hall–Kier alpha value is -2.17. The predicted molar refractivity (Wildman–Crippen MR) is 63.0 cm³/mol. The SMILES string of the molecule is O=C(CCc1cccnc1)NCc1cnc[nH]1. The number of pyridine rings is 1. The van der Waals surface area contributed by atoms with E-state index in [0.29, 0.717) is 19.4 Å². The molecule has 88 valence electrons. The Morgan fingerprint density at radius 3 is 3.00 bits per heavy atom. The van der Waals surface area contributed by atoms with Gasteiger partial charge in [0.05, 0.1) is 18.6 Å². The van der Waals surface area contributed by atoms with Gasteiger partial charge in [-0.1, -0.05) is 6.07 Å². The van der Waals surface area contributed by atoms with Gasteiger partial charge in [-0.2, -0.15) is 0 Å². The molecule has 5 nitrogen and oxygen atoms in total. The Bertz CT molecular complexity index is 453. The fraction of sp³-hybridized carbons (Fsp3) is 0.250. The van der Waals surface area contributed by atoms with Crippen LogP contribution in [0, 0.1) is 0 Å². The molecule has 0 radical (unpaired) electrons. The van der Waals surface area contributed by atoms with Crippen molar-refractivity contribution >= 4 is 5.91 Å². The first-order valence-corrected chi connectivity index (χ1v) is 5.47. The lowest BCUT2D eigenvalue weighted by Crippen LogP contribution is -2.23. The van der Waals surface area contributed by atoms with Crippen LogP contribution in [0.5, 0.6) is 0 Å². The second kappa shape index (κ2) is 5.79. The van der Waals surface area contributed by atoms with Gasteiger partial charge < -0.3 is 10.3 Å². The van der Waals surface area contributed by atoms with Crippen LogP contribution in [-0.4, -0.2) is 20.9 Å². The first-order chi connectivity index (χ1) is 8.34. The van der Waals surface area contributed by atoms with Gasteiger partial charge in [-0.25, -0.2) is 4.98 Å². The third-order valence-electron chi connectivity index (χ3n) is 2.39. The Labute approximate surface area is 99.3 Å². The molecule has 2 aromatic rings. The number of H-pyrrole nitrogens is 1. The summed E-state index contributed by atoms with van der Waals surface area (Å²) in [5.41, 5.74) is 1.98. The lowest BCUT2D eigenvalue weighted by Gasteiger charge is -2.03. The maximum Gasteiger partial charge on any atom is 0.220 e. The third kappa shape index (κ3) is 3.71. The number of hydrogen-bond acceptors (Lipinski definition) is 3. The van der Waals surface area contributed by atoms with Gasteiger partial charge >= 0.3 is 0 Å². The fourth-order valence-electron chi connectivity index (χ4n) is 1.47. The van der Waals surface area contributed by atoms with Gasteiger partial charge in [-0.3, -0.25) is 9.78 Å². The van der Waals surface area contributed by atoms with Gasteiger partial charge in [0.1, 0.15) is 0 Å². The van der Waals surface area contributed by atoms with Gasteiger partial charge in [0.2, 0.25) is 5.91 Å². The molecule has 0 aliphatic carbocycles. The van der Waals surface area contributed by atoms with Crippen molar-refractivity contribution in [2.75, 3.05) is 0 Å². The number of aromatic amines is 1. The zero-order valence-corrected chi connectivity index (χ0v) is 9.39. The standard InChI is InChI=1S/C12H14N4O/c17-12(15-8-11-7-14-9-16-11)4-3-10-2-1-5-13-6-10/h1-2,5-7,9H,3-4,8H2,(H,14,16)(H,15,17). The molecular weight excluding hydrogens is 216 g/mol. The van der Waals surface area contributed by atoms with E-state index in [9.17, 15) is 4.79 Å². The van der Waals surface area contributed by atoms with Gasteiger partial charge in [0.25, 0.3) is 0 Å². The lowest BCUT2D eigenvalue weighted by atomic mass is 10.1. The van der Waals surface area contributed by atoms with E-state index >= 15 is 0 Å². The number of amides is 1. The van der Waals surface area contributed by atoms with Crippen molar-refractivity contribution in [2.45, 2.75) is 19.4 Å². The maximum atomic E-state index is 11.5. The highest BCUT2D eigenvalue weighted by atomic mass is 16.1. The van der Waals surface area contributed by atoms with Crippen LogP contribution in [0.3, 0.4) is 0 Å². The number of carbonyl (C=O) groups excluding carboxylic acids is 1. The number of nitrogens with zero attached hydrogens (tertiary/aromatic N) is 2. The lowest BCUT2D eigenvalue weighted by molar-refractivity contribution is -0.121. The monoisotopic (exact) mass is 230 g/mol. The molecule has 0 aliphatic heterocycles.